The molecule has 2 aromatic rings. The zero-order chi connectivity index (χ0) is 20.1. The highest BCUT2D eigenvalue weighted by Crippen LogP contribution is 2.46. The quantitative estimate of drug-likeness (QED) is 0.699. The summed E-state index contributed by atoms with van der Waals surface area (Å²) in [5, 5.41) is -0.179. The average molecular weight is 404 g/mol. The van der Waals surface area contributed by atoms with Crippen LogP contribution >= 0.6 is 11.8 Å². The molecule has 0 saturated carbocycles. The molecule has 0 aliphatic carbocycles. The fourth-order valence-electron chi connectivity index (χ4n) is 3.26. The van der Waals surface area contributed by atoms with E-state index in [0.29, 0.717) is 30.2 Å². The smallest absolute Gasteiger partial charge is 0.224 e. The SMILES string of the molecule is COc1cccc(CN2C(=O)CCSC2c2cc(OC)c(OC)cc2OC)c1. The van der Waals surface area contributed by atoms with Crippen molar-refractivity contribution in [2.24, 2.45) is 0 Å². The molecular weight excluding hydrogens is 378 g/mol. The van der Waals surface area contributed by atoms with Gasteiger partial charge in [0, 0.05) is 30.3 Å². The van der Waals surface area contributed by atoms with E-state index in [1.54, 1.807) is 46.3 Å². The number of methoxy groups -OCH3 is 4. The number of thioether (sulfide) groups is 1. The van der Waals surface area contributed by atoms with E-state index < -0.39 is 0 Å². The third kappa shape index (κ3) is 4.14. The molecule has 0 spiro atoms. The Balaban J connectivity index is 1.99. The lowest BCUT2D eigenvalue weighted by atomic mass is 10.1. The minimum Gasteiger partial charge on any atom is -0.497 e. The largest absolute Gasteiger partial charge is 0.497 e. The summed E-state index contributed by atoms with van der Waals surface area (Å²) < 4.78 is 21.8. The second-order valence-electron chi connectivity index (χ2n) is 6.30. The molecule has 28 heavy (non-hydrogen) atoms. The van der Waals surface area contributed by atoms with E-state index in [1.807, 2.05) is 35.2 Å². The molecule has 0 bridgehead atoms. The van der Waals surface area contributed by atoms with Gasteiger partial charge in [0.25, 0.3) is 0 Å². The van der Waals surface area contributed by atoms with Crippen molar-refractivity contribution < 1.29 is 23.7 Å². The summed E-state index contributed by atoms with van der Waals surface area (Å²) in [6, 6.07) is 11.5. The van der Waals surface area contributed by atoms with Crippen LogP contribution < -0.4 is 18.9 Å². The number of carbonyl (C=O) groups excluding carboxylic acids is 1. The van der Waals surface area contributed by atoms with Gasteiger partial charge >= 0.3 is 0 Å². The average Bonchev–Trinajstić information content (AvgIpc) is 2.74. The molecule has 1 fully saturated rings. The fraction of sp³-hybridized carbons (Fsp3) is 0.381. The predicted octanol–water partition coefficient (Wildman–Crippen LogP) is 3.89. The predicted molar refractivity (Wildman–Crippen MR) is 109 cm³/mol. The van der Waals surface area contributed by atoms with Gasteiger partial charge < -0.3 is 23.8 Å². The topological polar surface area (TPSA) is 57.2 Å². The number of hydrogen-bond donors (Lipinski definition) is 0. The first-order chi connectivity index (χ1) is 13.6. The molecular formula is C21H25NO5S. The highest BCUT2D eigenvalue weighted by atomic mass is 32.2. The Kier molecular flexibility index (Phi) is 6.57. The van der Waals surface area contributed by atoms with Gasteiger partial charge in [-0.1, -0.05) is 12.1 Å². The lowest BCUT2D eigenvalue weighted by Crippen LogP contribution is -2.36. The molecule has 1 aliphatic rings. The van der Waals surface area contributed by atoms with E-state index in [1.165, 1.54) is 0 Å². The van der Waals surface area contributed by atoms with E-state index in [4.69, 9.17) is 18.9 Å². The van der Waals surface area contributed by atoms with Gasteiger partial charge in [0.1, 0.15) is 16.9 Å². The molecule has 0 N–H and O–H groups in total. The Labute approximate surface area is 169 Å². The highest BCUT2D eigenvalue weighted by molar-refractivity contribution is 7.99. The summed E-state index contributed by atoms with van der Waals surface area (Å²) in [6.45, 7) is 0.491. The number of hydrogen-bond acceptors (Lipinski definition) is 6. The van der Waals surface area contributed by atoms with Gasteiger partial charge in [-0.15, -0.1) is 11.8 Å². The Morgan fingerprint density at radius 3 is 2.36 bits per heavy atom. The van der Waals surface area contributed by atoms with Crippen LogP contribution in [0.25, 0.3) is 0 Å². The van der Waals surface area contributed by atoms with Crippen molar-refractivity contribution in [2.75, 3.05) is 34.2 Å². The third-order valence-corrected chi connectivity index (χ3v) is 5.95. The summed E-state index contributed by atoms with van der Waals surface area (Å²) in [5.41, 5.74) is 1.90. The monoisotopic (exact) mass is 403 g/mol. The second kappa shape index (κ2) is 9.10. The van der Waals surface area contributed by atoms with Crippen LogP contribution in [0.15, 0.2) is 36.4 Å². The highest BCUT2D eigenvalue weighted by Gasteiger charge is 2.33. The first-order valence-corrected chi connectivity index (χ1v) is 10.00. The normalized spacial score (nSPS) is 16.6. The minimum atomic E-state index is -0.179. The van der Waals surface area contributed by atoms with Gasteiger partial charge in [0.15, 0.2) is 11.5 Å². The molecule has 0 radical (unpaired) electrons. The van der Waals surface area contributed by atoms with Crippen molar-refractivity contribution in [3.8, 4) is 23.0 Å². The fourth-order valence-corrected chi connectivity index (χ4v) is 4.52. The van der Waals surface area contributed by atoms with E-state index in [2.05, 4.69) is 0 Å². The van der Waals surface area contributed by atoms with Crippen LogP contribution in [0.4, 0.5) is 0 Å². The molecule has 0 aromatic heterocycles. The molecule has 1 heterocycles. The van der Waals surface area contributed by atoms with Crippen LogP contribution in [0.3, 0.4) is 0 Å². The third-order valence-electron chi connectivity index (χ3n) is 4.68. The maximum absolute atomic E-state index is 12.8. The van der Waals surface area contributed by atoms with Crippen molar-refractivity contribution in [3.05, 3.63) is 47.5 Å². The molecule has 2 aromatic carbocycles. The van der Waals surface area contributed by atoms with Crippen LogP contribution in [0.5, 0.6) is 23.0 Å². The number of rotatable bonds is 7. The van der Waals surface area contributed by atoms with Gasteiger partial charge in [-0.25, -0.2) is 0 Å². The van der Waals surface area contributed by atoms with Gasteiger partial charge in [0.05, 0.1) is 28.4 Å². The standard InChI is InChI=1S/C21H25NO5S/c1-24-15-7-5-6-14(10-15)13-22-20(23)8-9-28-21(22)16-11-18(26-3)19(27-4)12-17(16)25-2/h5-7,10-12,21H,8-9,13H2,1-4H3. The van der Waals surface area contributed by atoms with Crippen LogP contribution in [0.1, 0.15) is 22.9 Å². The molecule has 1 atom stereocenters. The Morgan fingerprint density at radius 2 is 1.68 bits per heavy atom. The lowest BCUT2D eigenvalue weighted by molar-refractivity contribution is -0.132. The number of benzene rings is 2. The van der Waals surface area contributed by atoms with Crippen molar-refractivity contribution in [3.63, 3.8) is 0 Å². The summed E-state index contributed by atoms with van der Waals surface area (Å²) >= 11 is 1.72. The van der Waals surface area contributed by atoms with E-state index >= 15 is 0 Å². The Morgan fingerprint density at radius 1 is 0.964 bits per heavy atom. The molecule has 1 saturated heterocycles. The molecule has 7 heteroatoms. The molecule has 6 nitrogen and oxygen atoms in total. The Hall–Kier alpha value is -2.54. The number of ether oxygens (including phenoxy) is 4. The van der Waals surface area contributed by atoms with Crippen molar-refractivity contribution in [2.45, 2.75) is 18.3 Å². The molecule has 3 rings (SSSR count). The van der Waals surface area contributed by atoms with Crippen LogP contribution in [-0.2, 0) is 11.3 Å². The summed E-state index contributed by atoms with van der Waals surface area (Å²) in [4.78, 5) is 14.7. The minimum absolute atomic E-state index is 0.114. The van der Waals surface area contributed by atoms with Gasteiger partial charge in [-0.2, -0.15) is 0 Å². The number of nitrogens with zero attached hydrogens (tertiary/aromatic N) is 1. The van der Waals surface area contributed by atoms with E-state index in [9.17, 15) is 4.79 Å². The lowest BCUT2D eigenvalue weighted by Gasteiger charge is -2.36. The zero-order valence-electron chi connectivity index (χ0n) is 16.6. The first kappa shape index (κ1) is 20.2. The maximum Gasteiger partial charge on any atom is 0.224 e. The van der Waals surface area contributed by atoms with Crippen molar-refractivity contribution >= 4 is 17.7 Å². The second-order valence-corrected chi connectivity index (χ2v) is 7.48. The molecule has 1 aliphatic heterocycles. The zero-order valence-corrected chi connectivity index (χ0v) is 17.4. The van der Waals surface area contributed by atoms with Crippen molar-refractivity contribution in [1.29, 1.82) is 0 Å². The number of amides is 1. The van der Waals surface area contributed by atoms with E-state index in [0.717, 1.165) is 22.6 Å². The maximum atomic E-state index is 12.8. The first-order valence-electron chi connectivity index (χ1n) is 8.95. The van der Waals surface area contributed by atoms with Gasteiger partial charge in [0.2, 0.25) is 5.91 Å². The summed E-state index contributed by atoms with van der Waals surface area (Å²) in [7, 11) is 6.44. The van der Waals surface area contributed by atoms with Gasteiger partial charge in [-0.05, 0) is 23.8 Å². The summed E-state index contributed by atoms with van der Waals surface area (Å²) in [6.07, 6.45) is 0.515. The summed E-state index contributed by atoms with van der Waals surface area (Å²) in [5.74, 6) is 3.52. The molecule has 150 valence electrons. The van der Waals surface area contributed by atoms with Crippen LogP contribution in [-0.4, -0.2) is 45.0 Å². The van der Waals surface area contributed by atoms with Crippen LogP contribution in [0, 0.1) is 0 Å². The van der Waals surface area contributed by atoms with Crippen molar-refractivity contribution in [1.82, 2.24) is 4.90 Å². The molecule has 1 unspecified atom stereocenters. The van der Waals surface area contributed by atoms with Gasteiger partial charge in [-0.3, -0.25) is 4.79 Å². The van der Waals surface area contributed by atoms with E-state index in [-0.39, 0.29) is 11.3 Å². The molecule has 1 amide bonds. The number of carbonyl (C=O) groups is 1. The van der Waals surface area contributed by atoms with Crippen LogP contribution in [0.2, 0.25) is 0 Å². The Bertz CT molecular complexity index is 842.